The Balaban J connectivity index is 2.06. The fourth-order valence-corrected chi connectivity index (χ4v) is 3.71. The lowest BCUT2D eigenvalue weighted by Gasteiger charge is -2.38. The van der Waals surface area contributed by atoms with Crippen LogP contribution in [-0.2, 0) is 14.3 Å². The molecule has 0 aromatic carbocycles. The van der Waals surface area contributed by atoms with E-state index in [-0.39, 0.29) is 35.1 Å². The van der Waals surface area contributed by atoms with Gasteiger partial charge in [0.25, 0.3) is 0 Å². The van der Waals surface area contributed by atoms with E-state index < -0.39 is 0 Å². The number of hydrogen-bond acceptors (Lipinski definition) is 3. The second-order valence-corrected chi connectivity index (χ2v) is 6.47. The highest BCUT2D eigenvalue weighted by molar-refractivity contribution is 5.94. The summed E-state index contributed by atoms with van der Waals surface area (Å²) in [6.45, 7) is 8.21. The van der Waals surface area contributed by atoms with Crippen LogP contribution in [0.4, 0.5) is 0 Å². The van der Waals surface area contributed by atoms with E-state index in [9.17, 15) is 9.59 Å². The maximum atomic E-state index is 11.6. The predicted octanol–water partition coefficient (Wildman–Crippen LogP) is 2.72. The molecule has 3 heteroatoms. The first-order valence-electron chi connectivity index (χ1n) is 6.46. The van der Waals surface area contributed by atoms with E-state index in [0.29, 0.717) is 5.92 Å². The SMILES string of the molecule is CC(=O)CC(=O)O[C@H]1C[C@H]2CC[C@@]1(C)C2(C)C. The summed E-state index contributed by atoms with van der Waals surface area (Å²) in [7, 11) is 0. The quantitative estimate of drug-likeness (QED) is 0.561. The average molecular weight is 238 g/mol. The maximum Gasteiger partial charge on any atom is 0.313 e. The third kappa shape index (κ3) is 1.80. The highest BCUT2D eigenvalue weighted by Crippen LogP contribution is 2.66. The molecule has 0 aromatic rings. The molecule has 0 unspecified atom stereocenters. The van der Waals surface area contributed by atoms with Gasteiger partial charge in [-0.15, -0.1) is 0 Å². The number of ether oxygens (including phenoxy) is 1. The molecular formula is C14H22O3. The van der Waals surface area contributed by atoms with Crippen LogP contribution in [0.25, 0.3) is 0 Å². The van der Waals surface area contributed by atoms with Crippen molar-refractivity contribution in [2.45, 2.75) is 59.5 Å². The number of carbonyl (C=O) groups excluding carboxylic acids is 2. The molecule has 2 aliphatic carbocycles. The fraction of sp³-hybridized carbons (Fsp3) is 0.857. The van der Waals surface area contributed by atoms with Crippen LogP contribution in [0, 0.1) is 16.7 Å². The Bertz CT molecular complexity index is 358. The van der Waals surface area contributed by atoms with Crippen molar-refractivity contribution in [2.75, 3.05) is 0 Å². The van der Waals surface area contributed by atoms with Gasteiger partial charge in [0.2, 0.25) is 0 Å². The van der Waals surface area contributed by atoms with Gasteiger partial charge in [-0.2, -0.15) is 0 Å². The summed E-state index contributed by atoms with van der Waals surface area (Å²) < 4.78 is 5.53. The van der Waals surface area contributed by atoms with E-state index in [0.717, 1.165) is 12.8 Å². The first kappa shape index (κ1) is 12.6. The van der Waals surface area contributed by atoms with E-state index >= 15 is 0 Å². The molecule has 2 rings (SSSR count). The molecule has 2 saturated carbocycles. The topological polar surface area (TPSA) is 43.4 Å². The Morgan fingerprint density at radius 2 is 1.94 bits per heavy atom. The standard InChI is InChI=1S/C14H22O3/c1-9(15)7-12(16)17-11-8-10-5-6-14(11,4)13(10,2)3/h10-11H,5-8H2,1-4H3/t10-,11+,14-/m1/s1. The van der Waals surface area contributed by atoms with E-state index in [1.807, 2.05) is 0 Å². The van der Waals surface area contributed by atoms with Crippen molar-refractivity contribution in [3.63, 3.8) is 0 Å². The zero-order valence-electron chi connectivity index (χ0n) is 11.2. The normalized spacial score (nSPS) is 38.1. The van der Waals surface area contributed by atoms with Crippen LogP contribution >= 0.6 is 0 Å². The van der Waals surface area contributed by atoms with E-state index in [1.54, 1.807) is 0 Å². The largest absolute Gasteiger partial charge is 0.461 e. The number of esters is 1. The minimum absolute atomic E-state index is 0.00287. The number of carbonyl (C=O) groups is 2. The van der Waals surface area contributed by atoms with Gasteiger partial charge in [-0.05, 0) is 37.5 Å². The molecule has 0 aliphatic heterocycles. The van der Waals surface area contributed by atoms with E-state index in [4.69, 9.17) is 4.74 Å². The molecule has 2 bridgehead atoms. The number of hydrogen-bond donors (Lipinski definition) is 0. The highest BCUT2D eigenvalue weighted by Gasteiger charge is 2.62. The van der Waals surface area contributed by atoms with Gasteiger partial charge in [0.15, 0.2) is 0 Å². The molecule has 2 aliphatic rings. The smallest absolute Gasteiger partial charge is 0.313 e. The molecular weight excluding hydrogens is 216 g/mol. The Hall–Kier alpha value is -0.860. The van der Waals surface area contributed by atoms with E-state index in [1.165, 1.54) is 13.3 Å². The number of ketones is 1. The lowest BCUT2D eigenvalue weighted by atomic mass is 9.70. The van der Waals surface area contributed by atoms with Gasteiger partial charge in [-0.1, -0.05) is 20.8 Å². The monoisotopic (exact) mass is 238 g/mol. The third-order valence-corrected chi connectivity index (χ3v) is 5.38. The van der Waals surface area contributed by atoms with Crippen molar-refractivity contribution in [3.8, 4) is 0 Å². The summed E-state index contributed by atoms with van der Waals surface area (Å²) in [6.07, 6.45) is 3.25. The second-order valence-electron chi connectivity index (χ2n) is 6.47. The number of rotatable bonds is 3. The predicted molar refractivity (Wildman–Crippen MR) is 64.4 cm³/mol. The van der Waals surface area contributed by atoms with Crippen molar-refractivity contribution < 1.29 is 14.3 Å². The van der Waals surface area contributed by atoms with Crippen LogP contribution < -0.4 is 0 Å². The molecule has 96 valence electrons. The fourth-order valence-electron chi connectivity index (χ4n) is 3.71. The Kier molecular flexibility index (Phi) is 2.83. The zero-order valence-corrected chi connectivity index (χ0v) is 11.2. The van der Waals surface area contributed by atoms with Crippen LogP contribution in [-0.4, -0.2) is 17.9 Å². The maximum absolute atomic E-state index is 11.6. The van der Waals surface area contributed by atoms with Crippen molar-refractivity contribution in [1.82, 2.24) is 0 Å². The lowest BCUT2D eigenvalue weighted by molar-refractivity contribution is -0.157. The molecule has 0 radical (unpaired) electrons. The van der Waals surface area contributed by atoms with Crippen LogP contribution in [0.1, 0.15) is 53.4 Å². The van der Waals surface area contributed by atoms with Crippen LogP contribution in [0.15, 0.2) is 0 Å². The van der Waals surface area contributed by atoms with Gasteiger partial charge < -0.3 is 4.74 Å². The zero-order chi connectivity index (χ0) is 12.8. The molecule has 17 heavy (non-hydrogen) atoms. The molecule has 0 saturated heterocycles. The van der Waals surface area contributed by atoms with Gasteiger partial charge in [-0.3, -0.25) is 9.59 Å². The minimum atomic E-state index is -0.355. The summed E-state index contributed by atoms with van der Waals surface area (Å²) in [4.78, 5) is 22.5. The van der Waals surface area contributed by atoms with Gasteiger partial charge in [0.05, 0.1) is 0 Å². The third-order valence-electron chi connectivity index (χ3n) is 5.38. The summed E-state index contributed by atoms with van der Waals surface area (Å²) >= 11 is 0. The first-order chi connectivity index (χ1) is 7.77. The summed E-state index contributed by atoms with van der Waals surface area (Å²) in [5, 5.41) is 0. The number of fused-ring (bicyclic) bond motifs is 2. The Morgan fingerprint density at radius 3 is 2.35 bits per heavy atom. The summed E-state index contributed by atoms with van der Waals surface area (Å²) in [6, 6.07) is 0. The van der Waals surface area contributed by atoms with E-state index in [2.05, 4.69) is 20.8 Å². The number of Topliss-reactive ketones (excluding diaryl/α,β-unsaturated/α-hetero) is 1. The van der Waals surface area contributed by atoms with Crippen LogP contribution in [0.2, 0.25) is 0 Å². The van der Waals surface area contributed by atoms with Crippen molar-refractivity contribution in [3.05, 3.63) is 0 Å². The van der Waals surface area contributed by atoms with Gasteiger partial charge in [0.1, 0.15) is 18.3 Å². The van der Waals surface area contributed by atoms with Crippen molar-refractivity contribution in [1.29, 1.82) is 0 Å². The van der Waals surface area contributed by atoms with Gasteiger partial charge in [-0.25, -0.2) is 0 Å². The highest BCUT2D eigenvalue weighted by atomic mass is 16.5. The molecule has 0 aromatic heterocycles. The molecule has 0 amide bonds. The molecule has 0 heterocycles. The Labute approximate surface area is 103 Å². The minimum Gasteiger partial charge on any atom is -0.461 e. The molecule has 3 nitrogen and oxygen atoms in total. The first-order valence-corrected chi connectivity index (χ1v) is 6.46. The molecule has 0 spiro atoms. The Morgan fingerprint density at radius 1 is 1.29 bits per heavy atom. The molecule has 0 N–H and O–H groups in total. The summed E-state index contributed by atoms with van der Waals surface area (Å²) in [5.41, 5.74) is 0.332. The van der Waals surface area contributed by atoms with Crippen LogP contribution in [0.3, 0.4) is 0 Å². The van der Waals surface area contributed by atoms with Crippen molar-refractivity contribution in [2.24, 2.45) is 16.7 Å². The lowest BCUT2D eigenvalue weighted by Crippen LogP contribution is -2.38. The van der Waals surface area contributed by atoms with Gasteiger partial charge >= 0.3 is 5.97 Å². The average Bonchev–Trinajstić information content (AvgIpc) is 2.49. The molecule has 2 fully saturated rings. The van der Waals surface area contributed by atoms with Crippen molar-refractivity contribution >= 4 is 11.8 Å². The van der Waals surface area contributed by atoms with Gasteiger partial charge in [0, 0.05) is 5.41 Å². The summed E-state index contributed by atoms with van der Waals surface area (Å²) in [5.74, 6) is 0.178. The second kappa shape index (κ2) is 3.82. The molecule has 3 atom stereocenters. The van der Waals surface area contributed by atoms with Crippen LogP contribution in [0.5, 0.6) is 0 Å².